The maximum atomic E-state index is 13.7. The van der Waals surface area contributed by atoms with Crippen LogP contribution < -0.4 is 4.90 Å². The number of carboxylic acid groups (broad SMARTS) is 1. The molecule has 75 heavy (non-hydrogen) atoms. The number of hydrogen-bond acceptors (Lipinski definition) is 4. The summed E-state index contributed by atoms with van der Waals surface area (Å²) in [5.74, 6) is -2.41. The largest absolute Gasteiger partial charge is 0.480 e. The molecule has 0 atom stereocenters. The minimum Gasteiger partial charge on any atom is -0.480 e. The Morgan fingerprint density at radius 3 is 1.28 bits per heavy atom. The van der Waals surface area contributed by atoms with Crippen LogP contribution in [0.1, 0.15) is 95.6 Å². The minimum atomic E-state index is -1.24. The molecule has 1 N–H and O–H groups in total. The summed E-state index contributed by atoms with van der Waals surface area (Å²) in [6.07, 6.45) is 0. The van der Waals surface area contributed by atoms with E-state index in [1.807, 2.05) is 12.1 Å². The smallest absolute Gasteiger partial charge is 0.323 e. The van der Waals surface area contributed by atoms with Gasteiger partial charge < -0.3 is 10.0 Å². The van der Waals surface area contributed by atoms with Crippen LogP contribution in [0.2, 0.25) is 0 Å². The monoisotopic (exact) mass is 970 g/mol. The van der Waals surface area contributed by atoms with Gasteiger partial charge in [0.2, 0.25) is 0 Å². The van der Waals surface area contributed by atoms with Crippen LogP contribution in [-0.2, 0) is 21.0 Å². The Morgan fingerprint density at radius 1 is 0.387 bits per heavy atom. The van der Waals surface area contributed by atoms with Crippen molar-refractivity contribution in [1.82, 2.24) is 4.90 Å². The third-order valence-corrected chi connectivity index (χ3v) is 17.9. The van der Waals surface area contributed by atoms with Gasteiger partial charge in [0.1, 0.15) is 6.54 Å². The van der Waals surface area contributed by atoms with Crippen LogP contribution in [0.5, 0.6) is 0 Å². The molecule has 0 saturated carbocycles. The van der Waals surface area contributed by atoms with Gasteiger partial charge in [0.05, 0.1) is 0 Å². The number of fused-ring (bicyclic) bond motifs is 11. The molecule has 0 saturated heterocycles. The Bertz CT molecular complexity index is 4280. The highest BCUT2D eigenvalue weighted by Crippen LogP contribution is 2.56. The average molecular weight is 971 g/mol. The van der Waals surface area contributed by atoms with Crippen LogP contribution in [0.3, 0.4) is 0 Å². The third kappa shape index (κ3) is 5.66. The van der Waals surface area contributed by atoms with Crippen molar-refractivity contribution in [2.24, 2.45) is 0 Å². The number of imide groups is 1. The highest BCUT2D eigenvalue weighted by molar-refractivity contribution is 6.39. The van der Waals surface area contributed by atoms with Gasteiger partial charge in [-0.3, -0.25) is 19.3 Å². The third-order valence-electron chi connectivity index (χ3n) is 17.9. The molecule has 0 bridgehead atoms. The van der Waals surface area contributed by atoms with Crippen molar-refractivity contribution in [2.45, 2.75) is 57.8 Å². The first-order chi connectivity index (χ1) is 36.1. The van der Waals surface area contributed by atoms with Gasteiger partial charge in [0.25, 0.3) is 11.8 Å². The number of rotatable bonds is 6. The quantitative estimate of drug-likeness (QED) is 0.102. The summed E-state index contributed by atoms with van der Waals surface area (Å²) < 4.78 is 0. The van der Waals surface area contributed by atoms with Gasteiger partial charge >= 0.3 is 5.97 Å². The van der Waals surface area contributed by atoms with Gasteiger partial charge in [-0.2, -0.15) is 0 Å². The second-order valence-corrected chi connectivity index (χ2v) is 22.8. The molecule has 0 unspecified atom stereocenters. The lowest BCUT2D eigenvalue weighted by Crippen LogP contribution is -2.43. The van der Waals surface area contributed by atoms with Crippen molar-refractivity contribution in [3.05, 3.63) is 220 Å². The molecule has 1 aliphatic heterocycles. The summed E-state index contributed by atoms with van der Waals surface area (Å²) in [6, 6.07) is 64.2. The van der Waals surface area contributed by atoms with E-state index >= 15 is 0 Å². The number of amides is 2. The Kier molecular flexibility index (Phi) is 8.54. The Morgan fingerprint density at radius 2 is 0.773 bits per heavy atom. The van der Waals surface area contributed by atoms with Crippen LogP contribution in [0.4, 0.5) is 17.1 Å². The highest BCUT2D eigenvalue weighted by Gasteiger charge is 2.41. The van der Waals surface area contributed by atoms with Gasteiger partial charge in [0, 0.05) is 49.8 Å². The topological polar surface area (TPSA) is 77.9 Å². The first-order valence-electron chi connectivity index (χ1n) is 26.0. The summed E-state index contributed by atoms with van der Waals surface area (Å²) in [5.41, 5.74) is 21.4. The number of anilines is 3. The lowest BCUT2D eigenvalue weighted by atomic mass is 9.80. The first-order valence-corrected chi connectivity index (χ1v) is 26.0. The van der Waals surface area contributed by atoms with Crippen LogP contribution in [-0.4, -0.2) is 34.3 Å². The standard InChI is InChI=1S/C69H50N2O4/c1-67(2)55-16-9-7-12-42(55)45-23-19-38(33-58(45)67)71(39-20-24-46-43-13-8-10-17-56(43)68(3,4)59(46)34-39)40-21-25-47-44-22-18-37(32-57(44)69(5,6)60(47)35-40)41-26-27-50-52-29-31-54-64-53(65(74)70(66(54)75)36-61(72)73)30-28-51(63(52)64)49-15-11-14-48(41)62(49)50/h7-35H,36H2,1-6H3,(H,72,73). The van der Waals surface area contributed by atoms with E-state index in [9.17, 15) is 19.5 Å². The van der Waals surface area contributed by atoms with Gasteiger partial charge in [-0.1, -0.05) is 163 Å². The minimum absolute atomic E-state index is 0.157. The molecule has 0 radical (unpaired) electrons. The van der Waals surface area contributed by atoms with E-state index in [-0.39, 0.29) is 16.2 Å². The van der Waals surface area contributed by atoms with E-state index in [1.165, 1.54) is 66.8 Å². The molecule has 0 spiro atoms. The fourth-order valence-corrected chi connectivity index (χ4v) is 14.2. The SMILES string of the molecule is CC1(C)c2ccccc2-c2ccc(N(c3ccc4c(c3)C(C)(C)c3ccccc3-4)c3ccc4c(c3)C(C)(C)c3cc(-c5ccc6c7ccc8c9c(ccc(c%10cccc5c%106)c97)C(=O)N(CC(=O)O)C8=O)ccc3-4)cc21. The summed E-state index contributed by atoms with van der Waals surface area (Å²) in [5, 5.41) is 17.2. The fraction of sp³-hybridized carbons (Fsp3) is 0.145. The zero-order chi connectivity index (χ0) is 51.2. The number of carbonyl (C=O) groups excluding carboxylic acids is 2. The Balaban J connectivity index is 0.854. The predicted molar refractivity (Wildman–Crippen MR) is 303 cm³/mol. The van der Waals surface area contributed by atoms with Crippen molar-refractivity contribution in [2.75, 3.05) is 11.4 Å². The molecule has 15 rings (SSSR count). The molecule has 6 nitrogen and oxygen atoms in total. The second-order valence-electron chi connectivity index (χ2n) is 22.8. The molecular weight excluding hydrogens is 921 g/mol. The Labute approximate surface area is 434 Å². The van der Waals surface area contributed by atoms with E-state index in [0.29, 0.717) is 16.5 Å². The van der Waals surface area contributed by atoms with Gasteiger partial charge in [0.15, 0.2) is 0 Å². The van der Waals surface area contributed by atoms with E-state index in [2.05, 4.69) is 198 Å². The van der Waals surface area contributed by atoms with Crippen molar-refractivity contribution in [3.63, 3.8) is 0 Å². The van der Waals surface area contributed by atoms with Crippen LogP contribution >= 0.6 is 0 Å². The molecule has 11 aromatic carbocycles. The maximum absolute atomic E-state index is 13.7. The molecule has 1 heterocycles. The molecule has 4 aliphatic rings. The molecule has 3 aliphatic carbocycles. The lowest BCUT2D eigenvalue weighted by Gasteiger charge is -2.31. The number of aliphatic carboxylic acids is 1. The number of hydrogen-bond donors (Lipinski definition) is 1. The van der Waals surface area contributed by atoms with E-state index < -0.39 is 24.3 Å². The molecule has 0 aromatic heterocycles. The van der Waals surface area contributed by atoms with E-state index in [1.54, 1.807) is 12.1 Å². The molecule has 2 amide bonds. The van der Waals surface area contributed by atoms with Crippen LogP contribution in [0.15, 0.2) is 176 Å². The van der Waals surface area contributed by atoms with Crippen molar-refractivity contribution >= 4 is 77.9 Å². The predicted octanol–water partition coefficient (Wildman–Crippen LogP) is 16.5. The molecule has 360 valence electrons. The zero-order valence-electron chi connectivity index (χ0n) is 42.5. The molecular formula is C69H50N2O4. The fourth-order valence-electron chi connectivity index (χ4n) is 14.2. The van der Waals surface area contributed by atoms with E-state index in [0.717, 1.165) is 70.8 Å². The van der Waals surface area contributed by atoms with E-state index in [4.69, 9.17) is 0 Å². The summed E-state index contributed by atoms with van der Waals surface area (Å²) in [7, 11) is 0. The van der Waals surface area contributed by atoms with Gasteiger partial charge in [-0.15, -0.1) is 0 Å². The number of benzene rings is 11. The van der Waals surface area contributed by atoms with Crippen molar-refractivity contribution in [3.8, 4) is 44.5 Å². The average Bonchev–Trinajstić information content (AvgIpc) is 3.96. The zero-order valence-corrected chi connectivity index (χ0v) is 42.5. The van der Waals surface area contributed by atoms with Gasteiger partial charge in [-0.05, 0) is 170 Å². The number of carbonyl (C=O) groups is 3. The summed E-state index contributed by atoms with van der Waals surface area (Å²) >= 11 is 0. The summed E-state index contributed by atoms with van der Waals surface area (Å²) in [6.45, 7) is 13.5. The lowest BCUT2D eigenvalue weighted by molar-refractivity contribution is -0.137. The normalized spacial score (nSPS) is 15.8. The Hall–Kier alpha value is -8.87. The van der Waals surface area contributed by atoms with Gasteiger partial charge in [-0.25, -0.2) is 0 Å². The molecule has 6 heteroatoms. The maximum Gasteiger partial charge on any atom is 0.323 e. The number of nitrogens with zero attached hydrogens (tertiary/aromatic N) is 2. The number of carboxylic acids is 1. The summed E-state index contributed by atoms with van der Waals surface area (Å²) in [4.78, 5) is 42.4. The highest BCUT2D eigenvalue weighted by atomic mass is 16.4. The second kappa shape index (κ2) is 14.7. The van der Waals surface area contributed by atoms with Crippen LogP contribution in [0.25, 0.3) is 87.6 Å². The molecule has 11 aromatic rings. The van der Waals surface area contributed by atoms with Crippen LogP contribution in [0, 0.1) is 0 Å². The van der Waals surface area contributed by atoms with Crippen molar-refractivity contribution < 1.29 is 19.5 Å². The van der Waals surface area contributed by atoms with Crippen molar-refractivity contribution in [1.29, 1.82) is 0 Å². The first kappa shape index (κ1) is 43.7. The molecule has 0 fully saturated rings.